The zero-order valence-corrected chi connectivity index (χ0v) is 26.8. The molecule has 0 fully saturated rings. The third kappa shape index (κ3) is 4.61. The van der Waals surface area contributed by atoms with Gasteiger partial charge in [-0.2, -0.15) is 0 Å². The van der Waals surface area contributed by atoms with Crippen LogP contribution in [0.15, 0.2) is 109 Å². The van der Waals surface area contributed by atoms with Crippen molar-refractivity contribution in [2.75, 3.05) is 0 Å². The summed E-state index contributed by atoms with van der Waals surface area (Å²) in [7, 11) is 0. The maximum atomic E-state index is 12.0. The molecule has 6 aromatic carbocycles. The van der Waals surface area contributed by atoms with Crippen LogP contribution in [0.4, 0.5) is 0 Å². The van der Waals surface area contributed by atoms with Crippen LogP contribution in [0.3, 0.4) is 0 Å². The van der Waals surface area contributed by atoms with Gasteiger partial charge in [-0.05, 0) is 88.0 Å². The number of benzene rings is 6. The van der Waals surface area contributed by atoms with Crippen molar-refractivity contribution in [3.05, 3.63) is 159 Å². The van der Waals surface area contributed by atoms with Gasteiger partial charge in [0, 0.05) is 58.6 Å². The van der Waals surface area contributed by atoms with Gasteiger partial charge in [0.05, 0.1) is 5.92 Å². The minimum absolute atomic E-state index is 0.0388. The van der Waals surface area contributed by atoms with Crippen molar-refractivity contribution in [3.8, 4) is 51.7 Å². The van der Waals surface area contributed by atoms with Gasteiger partial charge in [0.25, 0.3) is 0 Å². The topological polar surface area (TPSA) is 171 Å². The molecule has 0 saturated carbocycles. The Morgan fingerprint density at radius 3 is 1.24 bits per heavy atom. The van der Waals surface area contributed by atoms with Crippen molar-refractivity contribution in [1.29, 1.82) is 0 Å². The highest BCUT2D eigenvalue weighted by molar-refractivity contribution is 5.69. The number of hydrogen-bond donors (Lipinski definition) is 8. The third-order valence-corrected chi connectivity index (χ3v) is 10.9. The molecule has 0 amide bonds. The van der Waals surface area contributed by atoms with E-state index in [0.717, 1.165) is 11.1 Å². The average Bonchev–Trinajstić information content (AvgIpc) is 3.62. The standard InChI is InChI=1S/C42H32O9/c43-22-7-1-19(2-8-22)34-36-28(13-25(46)16-31(36)49)39-35(20-3-9-23(44)10-4-20)37-29(14-26(47)17-32(37)50)41-38-30(40(34)39)15-27(48)18-33(38)51-42(41)21-5-11-24(45)12-6-21/h1-18,34-35,39-50H/t34-,35-,39-,40+,41+,42-/m1/s1. The van der Waals surface area contributed by atoms with Crippen molar-refractivity contribution < 1.29 is 45.6 Å². The van der Waals surface area contributed by atoms with Gasteiger partial charge in [0.2, 0.25) is 0 Å². The fraction of sp³-hybridized carbons (Fsp3) is 0.143. The highest BCUT2D eigenvalue weighted by Gasteiger charge is 2.54. The first-order valence-electron chi connectivity index (χ1n) is 16.6. The zero-order valence-electron chi connectivity index (χ0n) is 26.8. The lowest BCUT2D eigenvalue weighted by molar-refractivity contribution is 0.220. The molecule has 2 aliphatic carbocycles. The maximum absolute atomic E-state index is 12.0. The van der Waals surface area contributed by atoms with E-state index in [2.05, 4.69) is 0 Å². The van der Waals surface area contributed by atoms with Crippen LogP contribution in [0.5, 0.6) is 51.7 Å². The summed E-state index contributed by atoms with van der Waals surface area (Å²) in [4.78, 5) is 0. The number of rotatable bonds is 3. The Balaban J connectivity index is 1.44. The molecule has 0 unspecified atom stereocenters. The van der Waals surface area contributed by atoms with Crippen LogP contribution >= 0.6 is 0 Å². The maximum Gasteiger partial charge on any atom is 0.135 e. The largest absolute Gasteiger partial charge is 0.508 e. The molecule has 9 heteroatoms. The van der Waals surface area contributed by atoms with Crippen LogP contribution in [0.2, 0.25) is 0 Å². The second kappa shape index (κ2) is 11.0. The van der Waals surface area contributed by atoms with E-state index in [1.54, 1.807) is 97.1 Å². The Bertz CT molecular complexity index is 2350. The first-order valence-corrected chi connectivity index (χ1v) is 16.6. The number of hydrogen-bond acceptors (Lipinski definition) is 9. The van der Waals surface area contributed by atoms with Crippen LogP contribution in [0.25, 0.3) is 0 Å². The first kappa shape index (κ1) is 30.6. The summed E-state index contributed by atoms with van der Waals surface area (Å²) in [5.74, 6) is -3.24. The quantitative estimate of drug-likeness (QED) is 0.0931. The minimum atomic E-state index is -0.716. The monoisotopic (exact) mass is 680 g/mol. The SMILES string of the molecule is Oc1ccc([C@@H]2c3c(O)cc(O)cc3[C@H]3c4c(cc(O)cc4[C@H]4[C@H](c5ccc(O)cc5)c5c(O)cc(O)cc5[C@H]24)O[C@@H]3c2ccc(O)cc2)cc1. The van der Waals surface area contributed by atoms with Gasteiger partial charge in [-0.25, -0.2) is 0 Å². The highest BCUT2D eigenvalue weighted by atomic mass is 16.5. The molecule has 0 aromatic heterocycles. The van der Waals surface area contributed by atoms with Gasteiger partial charge in [-0.3, -0.25) is 0 Å². The van der Waals surface area contributed by atoms with Crippen LogP contribution in [0.1, 0.15) is 85.8 Å². The van der Waals surface area contributed by atoms with Crippen LogP contribution in [0, 0.1) is 0 Å². The van der Waals surface area contributed by atoms with Gasteiger partial charge >= 0.3 is 0 Å². The second-order valence-corrected chi connectivity index (χ2v) is 13.7. The van der Waals surface area contributed by atoms with E-state index in [4.69, 9.17) is 4.74 Å². The van der Waals surface area contributed by atoms with Gasteiger partial charge in [0.15, 0.2) is 0 Å². The van der Waals surface area contributed by atoms with Gasteiger partial charge < -0.3 is 45.6 Å². The van der Waals surface area contributed by atoms with Crippen LogP contribution in [-0.2, 0) is 0 Å². The van der Waals surface area contributed by atoms with E-state index in [1.807, 2.05) is 0 Å². The lowest BCUT2D eigenvalue weighted by Gasteiger charge is -2.39. The summed E-state index contributed by atoms with van der Waals surface area (Å²) < 4.78 is 6.71. The van der Waals surface area contributed by atoms with E-state index in [-0.39, 0.29) is 46.0 Å². The van der Waals surface area contributed by atoms with E-state index in [9.17, 15) is 40.9 Å². The molecule has 0 bridgehead atoms. The Kier molecular flexibility index (Phi) is 6.60. The van der Waals surface area contributed by atoms with Gasteiger partial charge in [-0.15, -0.1) is 0 Å². The summed E-state index contributed by atoms with van der Waals surface area (Å²) in [5, 5.41) is 87.9. The van der Waals surface area contributed by atoms with E-state index in [1.165, 1.54) is 12.1 Å². The molecule has 1 heterocycles. The predicted molar refractivity (Wildman–Crippen MR) is 186 cm³/mol. The van der Waals surface area contributed by atoms with Crippen LogP contribution in [-0.4, -0.2) is 40.9 Å². The second-order valence-electron chi connectivity index (χ2n) is 13.7. The summed E-state index contributed by atoms with van der Waals surface area (Å²) in [6.45, 7) is 0. The number of fused-ring (bicyclic) bond motifs is 6. The lowest BCUT2D eigenvalue weighted by Crippen LogP contribution is -2.26. The smallest absolute Gasteiger partial charge is 0.135 e. The van der Waals surface area contributed by atoms with Gasteiger partial charge in [0.1, 0.15) is 57.8 Å². The Hall–Kier alpha value is -6.48. The number of phenols is 8. The summed E-state index contributed by atoms with van der Waals surface area (Å²) in [5.41, 5.74) is 5.78. The molecule has 8 N–H and O–H groups in total. The minimum Gasteiger partial charge on any atom is -0.508 e. The average molecular weight is 681 g/mol. The molecule has 6 aromatic rings. The lowest BCUT2D eigenvalue weighted by atomic mass is 9.63. The van der Waals surface area contributed by atoms with Crippen molar-refractivity contribution >= 4 is 0 Å². The molecule has 0 radical (unpaired) electrons. The van der Waals surface area contributed by atoms with Crippen molar-refractivity contribution in [2.45, 2.75) is 35.7 Å². The van der Waals surface area contributed by atoms with Crippen molar-refractivity contribution in [1.82, 2.24) is 0 Å². The highest BCUT2D eigenvalue weighted by Crippen LogP contribution is 2.69. The van der Waals surface area contributed by atoms with Crippen molar-refractivity contribution in [3.63, 3.8) is 0 Å². The van der Waals surface area contributed by atoms with Gasteiger partial charge in [-0.1, -0.05) is 36.4 Å². The molecule has 9 nitrogen and oxygen atoms in total. The Labute approximate surface area is 291 Å². The molecule has 254 valence electrons. The van der Waals surface area contributed by atoms with E-state index >= 15 is 0 Å². The number of phenolic OH excluding ortho intramolecular Hbond substituents is 8. The normalized spacial score (nSPS) is 22.5. The van der Waals surface area contributed by atoms with Crippen molar-refractivity contribution in [2.24, 2.45) is 0 Å². The molecule has 6 atom stereocenters. The number of aromatic hydroxyl groups is 8. The fourth-order valence-corrected chi connectivity index (χ4v) is 9.07. The van der Waals surface area contributed by atoms with E-state index in [0.29, 0.717) is 44.7 Å². The summed E-state index contributed by atoms with van der Waals surface area (Å²) in [6.07, 6.45) is -0.716. The molecule has 1 aliphatic heterocycles. The molecular formula is C42H32O9. The fourth-order valence-electron chi connectivity index (χ4n) is 9.07. The molecule has 3 aliphatic rings. The summed E-state index contributed by atoms with van der Waals surface area (Å²) >= 11 is 0. The molecule has 51 heavy (non-hydrogen) atoms. The molecule has 9 rings (SSSR count). The number of ether oxygens (including phenoxy) is 1. The summed E-state index contributed by atoms with van der Waals surface area (Å²) in [6, 6.07) is 29.0. The zero-order chi connectivity index (χ0) is 35.3. The van der Waals surface area contributed by atoms with Crippen LogP contribution < -0.4 is 4.74 Å². The Morgan fingerprint density at radius 2 is 0.745 bits per heavy atom. The predicted octanol–water partition coefficient (Wildman–Crippen LogP) is 7.76. The molecular weight excluding hydrogens is 648 g/mol. The molecule has 0 saturated heterocycles. The molecule has 0 spiro atoms. The third-order valence-electron chi connectivity index (χ3n) is 10.9. The Morgan fingerprint density at radius 1 is 0.353 bits per heavy atom. The van der Waals surface area contributed by atoms with E-state index < -0.39 is 35.7 Å². The first-order chi connectivity index (χ1) is 24.6.